The molecule has 18 heavy (non-hydrogen) atoms. The van der Waals surface area contributed by atoms with Crippen molar-refractivity contribution in [3.63, 3.8) is 0 Å². The van der Waals surface area contributed by atoms with E-state index in [-0.39, 0.29) is 0 Å². The molecule has 0 spiro atoms. The summed E-state index contributed by atoms with van der Waals surface area (Å²) in [7, 11) is 3.57. The van der Waals surface area contributed by atoms with Gasteiger partial charge in [-0.25, -0.2) is 0 Å². The number of rotatable bonds is 4. The van der Waals surface area contributed by atoms with Crippen LogP contribution in [0.3, 0.4) is 0 Å². The van der Waals surface area contributed by atoms with Crippen LogP contribution in [-0.4, -0.2) is 19.9 Å². The van der Waals surface area contributed by atoms with Crippen molar-refractivity contribution in [3.05, 3.63) is 35.9 Å². The molecule has 2 rings (SSSR count). The standard InChI is InChI=1S/C15H18N2O/c1-4-12(16)10-8-9-14(18-3)11-6-5-7-13(17-2)15(10)11/h5-9,16-17H,4H2,1-3H3. The molecule has 0 aliphatic heterocycles. The third-order valence-electron chi connectivity index (χ3n) is 3.17. The van der Waals surface area contributed by atoms with Crippen molar-refractivity contribution in [2.75, 3.05) is 19.5 Å². The zero-order valence-corrected chi connectivity index (χ0v) is 11.0. The molecule has 0 atom stereocenters. The normalized spacial score (nSPS) is 10.4. The zero-order valence-electron chi connectivity index (χ0n) is 11.0. The quantitative estimate of drug-likeness (QED) is 0.803. The molecule has 0 saturated heterocycles. The fourth-order valence-corrected chi connectivity index (χ4v) is 2.21. The van der Waals surface area contributed by atoms with Crippen LogP contribution in [0.25, 0.3) is 10.8 Å². The molecule has 0 aromatic heterocycles. The maximum Gasteiger partial charge on any atom is 0.126 e. The van der Waals surface area contributed by atoms with Gasteiger partial charge in [0.05, 0.1) is 7.11 Å². The molecule has 0 saturated carbocycles. The molecule has 2 aromatic carbocycles. The molecule has 0 bridgehead atoms. The molecule has 0 unspecified atom stereocenters. The first-order valence-electron chi connectivity index (χ1n) is 6.08. The van der Waals surface area contributed by atoms with Crippen molar-refractivity contribution in [1.29, 1.82) is 5.41 Å². The van der Waals surface area contributed by atoms with E-state index in [0.29, 0.717) is 5.71 Å². The van der Waals surface area contributed by atoms with E-state index in [1.807, 2.05) is 44.3 Å². The molecule has 2 N–H and O–H groups in total. The van der Waals surface area contributed by atoms with Gasteiger partial charge in [-0.1, -0.05) is 19.1 Å². The second-order valence-electron chi connectivity index (χ2n) is 4.13. The highest BCUT2D eigenvalue weighted by Gasteiger charge is 2.12. The highest BCUT2D eigenvalue weighted by Crippen LogP contribution is 2.34. The van der Waals surface area contributed by atoms with Crippen LogP contribution in [-0.2, 0) is 0 Å². The predicted octanol–water partition coefficient (Wildman–Crippen LogP) is 3.67. The molecular formula is C15H18N2O. The van der Waals surface area contributed by atoms with Crippen LogP contribution >= 0.6 is 0 Å². The molecule has 0 radical (unpaired) electrons. The second kappa shape index (κ2) is 5.08. The summed E-state index contributed by atoms with van der Waals surface area (Å²) in [5.41, 5.74) is 2.64. The largest absolute Gasteiger partial charge is 0.496 e. The third kappa shape index (κ3) is 1.92. The van der Waals surface area contributed by atoms with E-state index >= 15 is 0 Å². The lowest BCUT2D eigenvalue weighted by Gasteiger charge is -2.14. The zero-order chi connectivity index (χ0) is 13.1. The third-order valence-corrected chi connectivity index (χ3v) is 3.17. The summed E-state index contributed by atoms with van der Waals surface area (Å²) in [5, 5.41) is 13.4. The number of fused-ring (bicyclic) bond motifs is 1. The fourth-order valence-electron chi connectivity index (χ4n) is 2.21. The number of benzene rings is 2. The minimum Gasteiger partial charge on any atom is -0.496 e. The van der Waals surface area contributed by atoms with Crippen molar-refractivity contribution in [2.45, 2.75) is 13.3 Å². The Kier molecular flexibility index (Phi) is 3.51. The van der Waals surface area contributed by atoms with Crippen molar-refractivity contribution in [3.8, 4) is 5.75 Å². The van der Waals surface area contributed by atoms with Crippen LogP contribution in [0.15, 0.2) is 30.3 Å². The Morgan fingerprint density at radius 2 is 2.06 bits per heavy atom. The van der Waals surface area contributed by atoms with E-state index in [4.69, 9.17) is 10.1 Å². The Morgan fingerprint density at radius 1 is 1.28 bits per heavy atom. The summed E-state index contributed by atoms with van der Waals surface area (Å²) in [6.07, 6.45) is 0.722. The van der Waals surface area contributed by atoms with Crippen LogP contribution in [0.5, 0.6) is 5.75 Å². The summed E-state index contributed by atoms with van der Waals surface area (Å²) in [4.78, 5) is 0. The van der Waals surface area contributed by atoms with Gasteiger partial charge >= 0.3 is 0 Å². The number of ether oxygens (including phenoxy) is 1. The van der Waals surface area contributed by atoms with Crippen LogP contribution in [0.2, 0.25) is 0 Å². The average molecular weight is 242 g/mol. The van der Waals surface area contributed by atoms with Crippen molar-refractivity contribution in [2.24, 2.45) is 0 Å². The highest BCUT2D eigenvalue weighted by atomic mass is 16.5. The van der Waals surface area contributed by atoms with Gasteiger partial charge in [-0.15, -0.1) is 0 Å². The molecule has 0 aliphatic carbocycles. The van der Waals surface area contributed by atoms with Gasteiger partial charge in [0.25, 0.3) is 0 Å². The first kappa shape index (κ1) is 12.4. The number of methoxy groups -OCH3 is 1. The van der Waals surface area contributed by atoms with E-state index in [9.17, 15) is 0 Å². The number of hydrogen-bond acceptors (Lipinski definition) is 3. The van der Waals surface area contributed by atoms with E-state index in [1.54, 1.807) is 7.11 Å². The summed E-state index contributed by atoms with van der Waals surface area (Å²) < 4.78 is 5.40. The van der Waals surface area contributed by atoms with E-state index in [1.165, 1.54) is 0 Å². The van der Waals surface area contributed by atoms with Crippen LogP contribution in [0, 0.1) is 5.41 Å². The maximum absolute atomic E-state index is 8.09. The Labute approximate surface area is 107 Å². The highest BCUT2D eigenvalue weighted by molar-refractivity contribution is 6.14. The SMILES string of the molecule is CCC(=N)c1ccc(OC)c2cccc(NC)c12. The van der Waals surface area contributed by atoms with Crippen LogP contribution in [0.4, 0.5) is 5.69 Å². The fraction of sp³-hybridized carbons (Fsp3) is 0.267. The van der Waals surface area contributed by atoms with Crippen LogP contribution in [0.1, 0.15) is 18.9 Å². The van der Waals surface area contributed by atoms with Gasteiger partial charge in [-0.05, 0) is 24.6 Å². The number of anilines is 1. The summed E-state index contributed by atoms with van der Waals surface area (Å²) in [6.45, 7) is 2.00. The lowest BCUT2D eigenvalue weighted by Crippen LogP contribution is -2.01. The van der Waals surface area contributed by atoms with Crippen molar-refractivity contribution in [1.82, 2.24) is 0 Å². The monoisotopic (exact) mass is 242 g/mol. The molecule has 0 amide bonds. The van der Waals surface area contributed by atoms with Gasteiger partial charge in [0.2, 0.25) is 0 Å². The second-order valence-corrected chi connectivity index (χ2v) is 4.13. The van der Waals surface area contributed by atoms with Gasteiger partial charge in [0.15, 0.2) is 0 Å². The van der Waals surface area contributed by atoms with E-state index in [2.05, 4.69) is 5.32 Å². The summed E-state index contributed by atoms with van der Waals surface area (Å²) in [6, 6.07) is 9.95. The Balaban J connectivity index is 2.84. The van der Waals surface area contributed by atoms with E-state index < -0.39 is 0 Å². The van der Waals surface area contributed by atoms with Crippen molar-refractivity contribution < 1.29 is 4.74 Å². The maximum atomic E-state index is 8.09. The summed E-state index contributed by atoms with van der Waals surface area (Å²) in [5.74, 6) is 0.842. The molecule has 3 nitrogen and oxygen atoms in total. The topological polar surface area (TPSA) is 45.1 Å². The first-order chi connectivity index (χ1) is 8.72. The number of hydrogen-bond donors (Lipinski definition) is 2. The Bertz CT molecular complexity index is 590. The van der Waals surface area contributed by atoms with Gasteiger partial charge in [-0.3, -0.25) is 0 Å². The smallest absolute Gasteiger partial charge is 0.126 e. The Hall–Kier alpha value is -2.03. The van der Waals surface area contributed by atoms with Gasteiger partial charge in [0.1, 0.15) is 5.75 Å². The summed E-state index contributed by atoms with van der Waals surface area (Å²) >= 11 is 0. The van der Waals surface area contributed by atoms with Gasteiger partial charge in [0, 0.05) is 34.8 Å². The Morgan fingerprint density at radius 3 is 2.67 bits per heavy atom. The van der Waals surface area contributed by atoms with Crippen LogP contribution < -0.4 is 10.1 Å². The molecule has 94 valence electrons. The minimum absolute atomic E-state index is 0.644. The van der Waals surface area contributed by atoms with E-state index in [0.717, 1.165) is 34.2 Å². The molecule has 0 heterocycles. The first-order valence-corrected chi connectivity index (χ1v) is 6.08. The molecule has 3 heteroatoms. The van der Waals surface area contributed by atoms with Gasteiger partial charge in [-0.2, -0.15) is 0 Å². The lowest BCUT2D eigenvalue weighted by molar-refractivity contribution is 0.420. The van der Waals surface area contributed by atoms with Gasteiger partial charge < -0.3 is 15.5 Å². The van der Waals surface area contributed by atoms with Crippen molar-refractivity contribution >= 4 is 22.2 Å². The molecule has 2 aromatic rings. The lowest BCUT2D eigenvalue weighted by atomic mass is 9.97. The number of nitrogens with one attached hydrogen (secondary N) is 2. The molecule has 0 aliphatic rings. The molecular weight excluding hydrogens is 224 g/mol. The predicted molar refractivity (Wildman–Crippen MR) is 77.2 cm³/mol. The average Bonchev–Trinajstić information content (AvgIpc) is 2.44. The molecule has 0 fully saturated rings. The minimum atomic E-state index is 0.644.